The molecular formula is C15H11BrN2O3. The molecule has 0 aliphatic heterocycles. The fraction of sp³-hybridized carbons (Fsp3) is 0.0667. The van der Waals surface area contributed by atoms with E-state index in [9.17, 15) is 9.59 Å². The van der Waals surface area contributed by atoms with Crippen LogP contribution in [0, 0.1) is 6.92 Å². The van der Waals surface area contributed by atoms with Gasteiger partial charge in [0, 0.05) is 15.7 Å². The van der Waals surface area contributed by atoms with Crippen LogP contribution in [0.5, 0.6) is 0 Å². The quantitative estimate of drug-likeness (QED) is 0.746. The van der Waals surface area contributed by atoms with E-state index in [0.29, 0.717) is 22.4 Å². The van der Waals surface area contributed by atoms with E-state index < -0.39 is 5.76 Å². The Morgan fingerprint density at radius 1 is 1.29 bits per heavy atom. The number of anilines is 1. The van der Waals surface area contributed by atoms with Crippen molar-refractivity contribution in [2.45, 2.75) is 6.92 Å². The number of H-pyrrole nitrogens is 1. The van der Waals surface area contributed by atoms with E-state index in [2.05, 4.69) is 26.2 Å². The summed E-state index contributed by atoms with van der Waals surface area (Å²) in [5.74, 6) is -0.727. The van der Waals surface area contributed by atoms with Crippen molar-refractivity contribution in [3.8, 4) is 0 Å². The minimum Gasteiger partial charge on any atom is -0.408 e. The molecule has 0 atom stereocenters. The summed E-state index contributed by atoms with van der Waals surface area (Å²) in [6, 6.07) is 10.4. The van der Waals surface area contributed by atoms with Crippen LogP contribution in [0.3, 0.4) is 0 Å². The van der Waals surface area contributed by atoms with Gasteiger partial charge in [0.15, 0.2) is 5.58 Å². The van der Waals surface area contributed by atoms with Gasteiger partial charge >= 0.3 is 5.76 Å². The summed E-state index contributed by atoms with van der Waals surface area (Å²) in [5.41, 5.74) is 3.04. The number of amides is 1. The Kier molecular flexibility index (Phi) is 3.39. The summed E-state index contributed by atoms with van der Waals surface area (Å²) in [5, 5.41) is 2.80. The number of hydrogen-bond donors (Lipinski definition) is 2. The number of oxazole rings is 1. The third-order valence-corrected chi connectivity index (χ3v) is 4.05. The van der Waals surface area contributed by atoms with Crippen LogP contribution in [-0.4, -0.2) is 10.9 Å². The average Bonchev–Trinajstić information content (AvgIpc) is 2.81. The number of benzene rings is 2. The van der Waals surface area contributed by atoms with Crippen LogP contribution in [0.2, 0.25) is 0 Å². The predicted octanol–water partition coefficient (Wildman–Crippen LogP) is 3.44. The van der Waals surface area contributed by atoms with Gasteiger partial charge in [-0.25, -0.2) is 4.79 Å². The molecule has 3 rings (SSSR count). The molecule has 3 aromatic rings. The topological polar surface area (TPSA) is 75.1 Å². The largest absolute Gasteiger partial charge is 0.417 e. The van der Waals surface area contributed by atoms with Crippen LogP contribution in [-0.2, 0) is 0 Å². The molecule has 0 unspecified atom stereocenters. The van der Waals surface area contributed by atoms with Gasteiger partial charge in [0.1, 0.15) is 0 Å². The Hall–Kier alpha value is -2.34. The van der Waals surface area contributed by atoms with E-state index in [0.717, 1.165) is 10.0 Å². The first-order valence-electron chi connectivity index (χ1n) is 6.24. The summed E-state index contributed by atoms with van der Waals surface area (Å²) in [4.78, 5) is 26.0. The summed E-state index contributed by atoms with van der Waals surface area (Å²) in [6.45, 7) is 1.87. The summed E-state index contributed by atoms with van der Waals surface area (Å²) in [6.07, 6.45) is 0. The Morgan fingerprint density at radius 3 is 2.90 bits per heavy atom. The molecule has 5 nitrogen and oxygen atoms in total. The molecule has 1 aromatic heterocycles. The average molecular weight is 347 g/mol. The summed E-state index contributed by atoms with van der Waals surface area (Å²) in [7, 11) is 0. The second-order valence-corrected chi connectivity index (χ2v) is 5.45. The monoisotopic (exact) mass is 346 g/mol. The van der Waals surface area contributed by atoms with Crippen LogP contribution >= 0.6 is 15.9 Å². The second kappa shape index (κ2) is 5.21. The first kappa shape index (κ1) is 13.6. The molecule has 0 aliphatic carbocycles. The number of carbonyl (C=O) groups is 1. The molecule has 1 heterocycles. The van der Waals surface area contributed by atoms with Crippen LogP contribution in [0.25, 0.3) is 11.1 Å². The zero-order valence-electron chi connectivity index (χ0n) is 11.1. The minimum atomic E-state index is -0.517. The molecule has 106 valence electrons. The molecule has 0 spiro atoms. The molecule has 0 saturated heterocycles. The molecule has 6 heteroatoms. The van der Waals surface area contributed by atoms with E-state index in [4.69, 9.17) is 4.42 Å². The van der Waals surface area contributed by atoms with Crippen LogP contribution in [0.1, 0.15) is 15.9 Å². The van der Waals surface area contributed by atoms with E-state index in [1.165, 1.54) is 0 Å². The standard InChI is InChI=1S/C15H11BrN2O3/c1-8-10(3-2-4-11(8)16)14(19)17-9-5-6-13-12(7-9)18-15(20)21-13/h2-7H,1H3,(H,17,19)(H,18,20). The summed E-state index contributed by atoms with van der Waals surface area (Å²) >= 11 is 3.40. The van der Waals surface area contributed by atoms with Gasteiger partial charge < -0.3 is 9.73 Å². The van der Waals surface area contributed by atoms with E-state index in [-0.39, 0.29) is 5.91 Å². The van der Waals surface area contributed by atoms with Gasteiger partial charge in [0.25, 0.3) is 5.91 Å². The Labute approximate surface area is 128 Å². The first-order chi connectivity index (χ1) is 10.0. The SMILES string of the molecule is Cc1c(Br)cccc1C(=O)Nc1ccc2oc(=O)[nH]c2c1. The van der Waals surface area contributed by atoms with Crippen molar-refractivity contribution in [1.29, 1.82) is 0 Å². The van der Waals surface area contributed by atoms with Gasteiger partial charge in [0.05, 0.1) is 5.52 Å². The molecule has 0 bridgehead atoms. The zero-order valence-corrected chi connectivity index (χ0v) is 12.7. The third-order valence-electron chi connectivity index (χ3n) is 3.19. The maximum atomic E-state index is 12.3. The lowest BCUT2D eigenvalue weighted by Crippen LogP contribution is -2.13. The molecule has 0 radical (unpaired) electrons. The van der Waals surface area contributed by atoms with Crippen LogP contribution in [0.15, 0.2) is 50.1 Å². The highest BCUT2D eigenvalue weighted by Gasteiger charge is 2.11. The van der Waals surface area contributed by atoms with E-state index in [1.807, 2.05) is 19.1 Å². The highest BCUT2D eigenvalue weighted by atomic mass is 79.9. The molecule has 2 N–H and O–H groups in total. The number of hydrogen-bond acceptors (Lipinski definition) is 3. The van der Waals surface area contributed by atoms with Gasteiger partial charge in [0.2, 0.25) is 0 Å². The van der Waals surface area contributed by atoms with Crippen molar-refractivity contribution in [3.63, 3.8) is 0 Å². The van der Waals surface area contributed by atoms with Gasteiger partial charge in [-0.3, -0.25) is 9.78 Å². The van der Waals surface area contributed by atoms with Gasteiger partial charge in [-0.2, -0.15) is 0 Å². The lowest BCUT2D eigenvalue weighted by Gasteiger charge is -2.08. The third kappa shape index (κ3) is 2.62. The zero-order chi connectivity index (χ0) is 15.0. The van der Waals surface area contributed by atoms with Crippen LogP contribution < -0.4 is 11.1 Å². The number of carbonyl (C=O) groups excluding carboxylic acids is 1. The number of nitrogens with one attached hydrogen (secondary N) is 2. The number of halogens is 1. The Bertz CT molecular complexity index is 895. The molecule has 0 saturated carbocycles. The van der Waals surface area contributed by atoms with E-state index in [1.54, 1.807) is 24.3 Å². The smallest absolute Gasteiger partial charge is 0.408 e. The first-order valence-corrected chi connectivity index (χ1v) is 7.03. The van der Waals surface area contributed by atoms with Gasteiger partial charge in [-0.15, -0.1) is 0 Å². The van der Waals surface area contributed by atoms with Gasteiger partial charge in [-0.05, 0) is 42.8 Å². The number of aromatic nitrogens is 1. The number of rotatable bonds is 2. The maximum Gasteiger partial charge on any atom is 0.417 e. The molecule has 21 heavy (non-hydrogen) atoms. The number of aromatic amines is 1. The van der Waals surface area contributed by atoms with Crippen molar-refractivity contribution in [2.75, 3.05) is 5.32 Å². The van der Waals surface area contributed by atoms with Crippen molar-refractivity contribution < 1.29 is 9.21 Å². The Balaban J connectivity index is 1.92. The van der Waals surface area contributed by atoms with Crippen molar-refractivity contribution >= 4 is 38.6 Å². The highest BCUT2D eigenvalue weighted by Crippen LogP contribution is 2.21. The minimum absolute atomic E-state index is 0.209. The lowest BCUT2D eigenvalue weighted by molar-refractivity contribution is 0.102. The highest BCUT2D eigenvalue weighted by molar-refractivity contribution is 9.10. The predicted molar refractivity (Wildman–Crippen MR) is 83.7 cm³/mol. The van der Waals surface area contributed by atoms with Crippen molar-refractivity contribution in [1.82, 2.24) is 4.98 Å². The van der Waals surface area contributed by atoms with Crippen LogP contribution in [0.4, 0.5) is 5.69 Å². The molecule has 0 fully saturated rings. The summed E-state index contributed by atoms with van der Waals surface area (Å²) < 4.78 is 5.80. The van der Waals surface area contributed by atoms with Gasteiger partial charge in [-0.1, -0.05) is 22.0 Å². The molecule has 2 aromatic carbocycles. The molecule has 0 aliphatic rings. The fourth-order valence-corrected chi connectivity index (χ4v) is 2.45. The molecular weight excluding hydrogens is 336 g/mol. The van der Waals surface area contributed by atoms with Crippen molar-refractivity contribution in [2.24, 2.45) is 0 Å². The lowest BCUT2D eigenvalue weighted by atomic mass is 10.1. The maximum absolute atomic E-state index is 12.3. The molecule has 1 amide bonds. The Morgan fingerprint density at radius 2 is 2.10 bits per heavy atom. The fourth-order valence-electron chi connectivity index (χ4n) is 2.08. The number of fused-ring (bicyclic) bond motifs is 1. The second-order valence-electron chi connectivity index (χ2n) is 4.59. The normalized spacial score (nSPS) is 10.8. The van der Waals surface area contributed by atoms with E-state index >= 15 is 0 Å². The van der Waals surface area contributed by atoms with Crippen molar-refractivity contribution in [3.05, 3.63) is 62.5 Å².